The van der Waals surface area contributed by atoms with E-state index in [1.54, 1.807) is 0 Å². The van der Waals surface area contributed by atoms with E-state index < -0.39 is 0 Å². The van der Waals surface area contributed by atoms with Crippen molar-refractivity contribution in [3.63, 3.8) is 0 Å². The highest BCUT2D eigenvalue weighted by atomic mass is 16.5. The molecular weight excluding hydrogens is 372 g/mol. The SMILES string of the molecule is N#Cc1ccc2c(c1)[C@H]1CN(Cc3ccc(OCc4ccccc4)cc3)C[C@@H]1CO2. The Kier molecular flexibility index (Phi) is 5.13. The van der Waals surface area contributed by atoms with Crippen molar-refractivity contribution in [1.82, 2.24) is 4.90 Å². The molecule has 3 aromatic carbocycles. The molecule has 1 saturated heterocycles. The second-order valence-electron chi connectivity index (χ2n) is 8.15. The predicted octanol–water partition coefficient (Wildman–Crippen LogP) is 4.75. The van der Waals surface area contributed by atoms with Crippen molar-refractivity contribution < 1.29 is 9.47 Å². The van der Waals surface area contributed by atoms with E-state index in [-0.39, 0.29) is 0 Å². The summed E-state index contributed by atoms with van der Waals surface area (Å²) in [6, 6.07) is 26.7. The first-order valence-corrected chi connectivity index (χ1v) is 10.4. The van der Waals surface area contributed by atoms with Gasteiger partial charge in [0.2, 0.25) is 0 Å². The summed E-state index contributed by atoms with van der Waals surface area (Å²) in [5.74, 6) is 2.76. The van der Waals surface area contributed by atoms with Crippen LogP contribution in [0.3, 0.4) is 0 Å². The van der Waals surface area contributed by atoms with Gasteiger partial charge in [0.15, 0.2) is 0 Å². The van der Waals surface area contributed by atoms with Gasteiger partial charge in [-0.25, -0.2) is 0 Å². The number of benzene rings is 3. The number of hydrogen-bond donors (Lipinski definition) is 0. The average molecular weight is 396 g/mol. The van der Waals surface area contributed by atoms with Crippen molar-refractivity contribution in [1.29, 1.82) is 5.26 Å². The highest BCUT2D eigenvalue weighted by molar-refractivity contribution is 5.46. The van der Waals surface area contributed by atoms with Crippen LogP contribution in [-0.4, -0.2) is 24.6 Å². The lowest BCUT2D eigenvalue weighted by molar-refractivity contribution is 0.212. The molecule has 0 bridgehead atoms. The molecule has 0 unspecified atom stereocenters. The molecule has 0 aromatic heterocycles. The third kappa shape index (κ3) is 3.90. The molecule has 30 heavy (non-hydrogen) atoms. The number of rotatable bonds is 5. The first-order valence-electron chi connectivity index (χ1n) is 10.4. The van der Waals surface area contributed by atoms with E-state index in [0.29, 0.717) is 24.0 Å². The maximum atomic E-state index is 9.24. The Morgan fingerprint density at radius 3 is 2.60 bits per heavy atom. The molecule has 3 aromatic rings. The third-order valence-electron chi connectivity index (χ3n) is 6.09. The van der Waals surface area contributed by atoms with Crippen LogP contribution in [0.1, 0.15) is 28.2 Å². The van der Waals surface area contributed by atoms with E-state index in [2.05, 4.69) is 47.4 Å². The number of fused-ring (bicyclic) bond motifs is 3. The maximum absolute atomic E-state index is 9.24. The lowest BCUT2D eigenvalue weighted by Gasteiger charge is -2.27. The van der Waals surface area contributed by atoms with E-state index in [1.165, 1.54) is 16.7 Å². The molecule has 0 saturated carbocycles. The largest absolute Gasteiger partial charge is 0.493 e. The van der Waals surface area contributed by atoms with Crippen LogP contribution in [0.4, 0.5) is 0 Å². The second kappa shape index (κ2) is 8.22. The van der Waals surface area contributed by atoms with Crippen molar-refractivity contribution in [3.8, 4) is 17.6 Å². The Bertz CT molecular complexity index is 1060. The molecule has 1 fully saturated rings. The van der Waals surface area contributed by atoms with E-state index in [9.17, 15) is 5.26 Å². The summed E-state index contributed by atoms with van der Waals surface area (Å²) >= 11 is 0. The first kappa shape index (κ1) is 18.7. The fraction of sp³-hybridized carbons (Fsp3) is 0.269. The Labute approximate surface area is 177 Å². The zero-order chi connectivity index (χ0) is 20.3. The molecule has 150 valence electrons. The van der Waals surface area contributed by atoms with E-state index in [0.717, 1.165) is 37.7 Å². The second-order valence-corrected chi connectivity index (χ2v) is 8.15. The Morgan fingerprint density at radius 2 is 1.80 bits per heavy atom. The van der Waals surface area contributed by atoms with Crippen LogP contribution in [0.15, 0.2) is 72.8 Å². The topological polar surface area (TPSA) is 45.5 Å². The summed E-state index contributed by atoms with van der Waals surface area (Å²) in [5.41, 5.74) is 4.36. The highest BCUT2D eigenvalue weighted by Gasteiger charge is 2.38. The van der Waals surface area contributed by atoms with Crippen LogP contribution in [0.5, 0.6) is 11.5 Å². The molecule has 2 heterocycles. The van der Waals surface area contributed by atoms with Crippen LogP contribution in [0.2, 0.25) is 0 Å². The summed E-state index contributed by atoms with van der Waals surface area (Å²) in [6.07, 6.45) is 0. The molecule has 2 atom stereocenters. The lowest BCUT2D eigenvalue weighted by Crippen LogP contribution is -2.25. The Morgan fingerprint density at radius 1 is 0.967 bits per heavy atom. The van der Waals surface area contributed by atoms with Crippen molar-refractivity contribution in [2.45, 2.75) is 19.1 Å². The monoisotopic (exact) mass is 396 g/mol. The zero-order valence-corrected chi connectivity index (χ0v) is 16.8. The molecule has 5 rings (SSSR count). The van der Waals surface area contributed by atoms with E-state index in [4.69, 9.17) is 9.47 Å². The number of hydrogen-bond acceptors (Lipinski definition) is 4. The van der Waals surface area contributed by atoms with Gasteiger partial charge in [-0.05, 0) is 41.5 Å². The fourth-order valence-corrected chi connectivity index (χ4v) is 4.54. The summed E-state index contributed by atoms with van der Waals surface area (Å²) in [4.78, 5) is 2.49. The van der Waals surface area contributed by atoms with Gasteiger partial charge >= 0.3 is 0 Å². The van der Waals surface area contributed by atoms with Gasteiger partial charge in [-0.2, -0.15) is 5.26 Å². The molecule has 0 radical (unpaired) electrons. The Hall–Kier alpha value is -3.29. The van der Waals surface area contributed by atoms with Gasteiger partial charge in [-0.1, -0.05) is 42.5 Å². The molecule has 0 spiro atoms. The molecular formula is C26H24N2O2. The average Bonchev–Trinajstić information content (AvgIpc) is 3.22. The van der Waals surface area contributed by atoms with E-state index >= 15 is 0 Å². The third-order valence-corrected chi connectivity index (χ3v) is 6.09. The van der Waals surface area contributed by atoms with Crippen molar-refractivity contribution in [2.24, 2.45) is 5.92 Å². The number of ether oxygens (including phenoxy) is 2. The van der Waals surface area contributed by atoms with Crippen molar-refractivity contribution >= 4 is 0 Å². The van der Waals surface area contributed by atoms with Gasteiger partial charge < -0.3 is 9.47 Å². The van der Waals surface area contributed by atoms with Crippen LogP contribution in [0, 0.1) is 17.2 Å². The summed E-state index contributed by atoms with van der Waals surface area (Å²) in [5, 5.41) is 9.24. The van der Waals surface area contributed by atoms with Crippen LogP contribution < -0.4 is 9.47 Å². The highest BCUT2D eigenvalue weighted by Crippen LogP contribution is 2.42. The van der Waals surface area contributed by atoms with Gasteiger partial charge in [0.1, 0.15) is 18.1 Å². The number of likely N-dealkylation sites (tertiary alicyclic amines) is 1. The molecule has 2 aliphatic heterocycles. The summed E-state index contributed by atoms with van der Waals surface area (Å²) < 4.78 is 11.9. The molecule has 0 amide bonds. The summed E-state index contributed by atoms with van der Waals surface area (Å²) in [7, 11) is 0. The molecule has 4 nitrogen and oxygen atoms in total. The van der Waals surface area contributed by atoms with Crippen molar-refractivity contribution in [2.75, 3.05) is 19.7 Å². The number of nitriles is 1. The number of nitrogens with zero attached hydrogens (tertiary/aromatic N) is 2. The van der Waals surface area contributed by atoms with Gasteiger partial charge in [0, 0.05) is 37.0 Å². The summed E-state index contributed by atoms with van der Waals surface area (Å²) in [6.45, 7) is 4.28. The molecule has 0 N–H and O–H groups in total. The fourth-order valence-electron chi connectivity index (χ4n) is 4.54. The standard InChI is InChI=1S/C26H24N2O2/c27-13-21-8-11-26-24(12-21)25-16-28(15-22(25)18-30-26)14-19-6-9-23(10-7-19)29-17-20-4-2-1-3-5-20/h1-12,22,25H,14-18H2/t22-,25+/m1/s1. The minimum Gasteiger partial charge on any atom is -0.493 e. The van der Waals surface area contributed by atoms with Crippen LogP contribution >= 0.6 is 0 Å². The van der Waals surface area contributed by atoms with E-state index in [1.807, 2.05) is 36.4 Å². The smallest absolute Gasteiger partial charge is 0.122 e. The van der Waals surface area contributed by atoms with Gasteiger partial charge in [0.25, 0.3) is 0 Å². The van der Waals surface area contributed by atoms with Crippen LogP contribution in [-0.2, 0) is 13.2 Å². The molecule has 4 heteroatoms. The zero-order valence-electron chi connectivity index (χ0n) is 16.8. The Balaban J connectivity index is 1.21. The minimum atomic E-state index is 0.440. The van der Waals surface area contributed by atoms with Gasteiger partial charge in [-0.3, -0.25) is 4.90 Å². The van der Waals surface area contributed by atoms with Gasteiger partial charge in [-0.15, -0.1) is 0 Å². The normalized spacial score (nSPS) is 20.0. The van der Waals surface area contributed by atoms with Gasteiger partial charge in [0.05, 0.1) is 18.2 Å². The van der Waals surface area contributed by atoms with Crippen molar-refractivity contribution in [3.05, 3.63) is 95.1 Å². The first-order chi connectivity index (χ1) is 14.8. The lowest BCUT2D eigenvalue weighted by atomic mass is 9.86. The molecule has 0 aliphatic carbocycles. The maximum Gasteiger partial charge on any atom is 0.122 e. The minimum absolute atomic E-state index is 0.440. The quantitative estimate of drug-likeness (QED) is 0.625. The predicted molar refractivity (Wildman–Crippen MR) is 115 cm³/mol. The molecule has 2 aliphatic rings. The van der Waals surface area contributed by atoms with Crippen LogP contribution in [0.25, 0.3) is 0 Å².